The van der Waals surface area contributed by atoms with Crippen LogP contribution in [0.15, 0.2) is 24.3 Å². The van der Waals surface area contributed by atoms with Crippen LogP contribution in [0.1, 0.15) is 31.0 Å². The summed E-state index contributed by atoms with van der Waals surface area (Å²) in [5, 5.41) is 11.3. The summed E-state index contributed by atoms with van der Waals surface area (Å²) in [6.45, 7) is 5.29. The van der Waals surface area contributed by atoms with Crippen LogP contribution in [0.5, 0.6) is 5.88 Å². The SMILES string of the molecule is COc1nc(C(C)C)c([N+](=O)[O-])cc1-c1ccc(F)c(C)c1. The predicted molar refractivity (Wildman–Crippen MR) is 81.7 cm³/mol. The fraction of sp³-hybridized carbons (Fsp3) is 0.312. The highest BCUT2D eigenvalue weighted by Crippen LogP contribution is 2.36. The van der Waals surface area contributed by atoms with Crippen LogP contribution in [0, 0.1) is 22.9 Å². The van der Waals surface area contributed by atoms with Crippen molar-refractivity contribution in [1.82, 2.24) is 4.98 Å². The molecular weight excluding hydrogens is 287 g/mol. The third-order valence-electron chi connectivity index (χ3n) is 3.40. The minimum absolute atomic E-state index is 0.0622. The van der Waals surface area contributed by atoms with Gasteiger partial charge in [-0.05, 0) is 30.2 Å². The van der Waals surface area contributed by atoms with Crippen molar-refractivity contribution in [3.8, 4) is 17.0 Å². The number of nitro groups is 1. The fourth-order valence-electron chi connectivity index (χ4n) is 2.25. The Morgan fingerprint density at radius 3 is 2.50 bits per heavy atom. The molecule has 1 aromatic carbocycles. The van der Waals surface area contributed by atoms with Gasteiger partial charge in [0.15, 0.2) is 0 Å². The quantitative estimate of drug-likeness (QED) is 0.626. The molecule has 0 radical (unpaired) electrons. The monoisotopic (exact) mass is 304 g/mol. The molecular formula is C16H17FN2O3. The average Bonchev–Trinajstić information content (AvgIpc) is 2.48. The summed E-state index contributed by atoms with van der Waals surface area (Å²) in [5.74, 6) is -0.150. The third kappa shape index (κ3) is 2.90. The first kappa shape index (κ1) is 15.9. The molecule has 0 aliphatic carbocycles. The van der Waals surface area contributed by atoms with Gasteiger partial charge in [-0.1, -0.05) is 19.9 Å². The van der Waals surface area contributed by atoms with Gasteiger partial charge in [0.1, 0.15) is 11.5 Å². The van der Waals surface area contributed by atoms with Gasteiger partial charge in [0.25, 0.3) is 5.69 Å². The minimum Gasteiger partial charge on any atom is -0.481 e. The summed E-state index contributed by atoms with van der Waals surface area (Å²) < 4.78 is 18.7. The number of halogens is 1. The van der Waals surface area contributed by atoms with E-state index in [1.54, 1.807) is 19.1 Å². The summed E-state index contributed by atoms with van der Waals surface area (Å²) >= 11 is 0. The van der Waals surface area contributed by atoms with Crippen LogP contribution in [0.25, 0.3) is 11.1 Å². The molecule has 0 N–H and O–H groups in total. The summed E-state index contributed by atoms with van der Waals surface area (Å²) in [7, 11) is 1.46. The predicted octanol–water partition coefficient (Wildman–Crippen LogP) is 4.24. The summed E-state index contributed by atoms with van der Waals surface area (Å²) in [5.41, 5.74) is 1.86. The first-order valence-electron chi connectivity index (χ1n) is 6.85. The van der Waals surface area contributed by atoms with Gasteiger partial charge in [-0.25, -0.2) is 9.37 Å². The van der Waals surface area contributed by atoms with E-state index in [9.17, 15) is 14.5 Å². The first-order chi connectivity index (χ1) is 10.3. The van der Waals surface area contributed by atoms with Crippen LogP contribution < -0.4 is 4.74 Å². The molecule has 116 valence electrons. The van der Waals surface area contributed by atoms with Gasteiger partial charge < -0.3 is 4.74 Å². The number of rotatable bonds is 4. The standard InChI is InChI=1S/C16H17FN2O3/c1-9(2)15-14(19(20)21)8-12(16(18-15)22-4)11-5-6-13(17)10(3)7-11/h5-9H,1-4H3. The van der Waals surface area contributed by atoms with E-state index in [0.29, 0.717) is 28.3 Å². The zero-order valence-corrected chi connectivity index (χ0v) is 12.9. The van der Waals surface area contributed by atoms with Gasteiger partial charge in [-0.2, -0.15) is 0 Å². The van der Waals surface area contributed by atoms with Crippen LogP contribution in [-0.2, 0) is 0 Å². The molecule has 0 saturated heterocycles. The number of nitrogens with zero attached hydrogens (tertiary/aromatic N) is 2. The normalized spacial score (nSPS) is 10.8. The smallest absolute Gasteiger partial charge is 0.291 e. The maximum absolute atomic E-state index is 13.4. The lowest BCUT2D eigenvalue weighted by atomic mass is 10.0. The lowest BCUT2D eigenvalue weighted by molar-refractivity contribution is -0.386. The lowest BCUT2D eigenvalue weighted by Crippen LogP contribution is -2.04. The van der Waals surface area contributed by atoms with Crippen molar-refractivity contribution in [2.45, 2.75) is 26.7 Å². The molecule has 0 saturated carbocycles. The number of hydrogen-bond acceptors (Lipinski definition) is 4. The highest BCUT2D eigenvalue weighted by atomic mass is 19.1. The van der Waals surface area contributed by atoms with Crippen molar-refractivity contribution < 1.29 is 14.1 Å². The van der Waals surface area contributed by atoms with E-state index in [0.717, 1.165) is 0 Å². The van der Waals surface area contributed by atoms with E-state index in [-0.39, 0.29) is 17.4 Å². The molecule has 2 aromatic rings. The van der Waals surface area contributed by atoms with E-state index in [2.05, 4.69) is 4.98 Å². The van der Waals surface area contributed by atoms with Crippen LogP contribution in [-0.4, -0.2) is 17.0 Å². The van der Waals surface area contributed by atoms with Gasteiger partial charge in [-0.3, -0.25) is 10.1 Å². The average molecular weight is 304 g/mol. The largest absolute Gasteiger partial charge is 0.481 e. The molecule has 5 nitrogen and oxygen atoms in total. The second-order valence-electron chi connectivity index (χ2n) is 5.33. The molecule has 1 aromatic heterocycles. The Balaban J connectivity index is 2.71. The van der Waals surface area contributed by atoms with Gasteiger partial charge in [0.2, 0.25) is 5.88 Å². The number of aryl methyl sites for hydroxylation is 1. The Morgan fingerprint density at radius 1 is 1.32 bits per heavy atom. The van der Waals surface area contributed by atoms with Gasteiger partial charge >= 0.3 is 0 Å². The molecule has 0 atom stereocenters. The fourth-order valence-corrected chi connectivity index (χ4v) is 2.25. The van der Waals surface area contributed by atoms with E-state index >= 15 is 0 Å². The number of pyridine rings is 1. The lowest BCUT2D eigenvalue weighted by Gasteiger charge is -2.13. The second kappa shape index (κ2) is 6.09. The highest BCUT2D eigenvalue weighted by molar-refractivity contribution is 5.72. The summed E-state index contributed by atoms with van der Waals surface area (Å²) in [6.07, 6.45) is 0. The zero-order valence-electron chi connectivity index (χ0n) is 12.9. The van der Waals surface area contributed by atoms with E-state index in [1.807, 2.05) is 13.8 Å². The van der Waals surface area contributed by atoms with Crippen LogP contribution in [0.4, 0.5) is 10.1 Å². The van der Waals surface area contributed by atoms with Gasteiger partial charge in [-0.15, -0.1) is 0 Å². The molecule has 0 bridgehead atoms. The number of benzene rings is 1. The van der Waals surface area contributed by atoms with Gasteiger partial charge in [0, 0.05) is 12.0 Å². The zero-order chi connectivity index (χ0) is 16.4. The Kier molecular flexibility index (Phi) is 4.40. The van der Waals surface area contributed by atoms with Crippen molar-refractivity contribution in [3.63, 3.8) is 0 Å². The Morgan fingerprint density at radius 2 is 2.00 bits per heavy atom. The minimum atomic E-state index is -0.457. The van der Waals surface area contributed by atoms with Crippen LogP contribution >= 0.6 is 0 Å². The Labute approximate surface area is 127 Å². The molecule has 0 aliphatic rings. The number of aromatic nitrogens is 1. The van der Waals surface area contributed by atoms with E-state index < -0.39 is 4.92 Å². The van der Waals surface area contributed by atoms with Crippen molar-refractivity contribution >= 4 is 5.69 Å². The van der Waals surface area contributed by atoms with Crippen molar-refractivity contribution in [3.05, 3.63) is 51.5 Å². The Hall–Kier alpha value is -2.50. The van der Waals surface area contributed by atoms with E-state index in [4.69, 9.17) is 4.74 Å². The molecule has 0 spiro atoms. The molecule has 0 aliphatic heterocycles. The second-order valence-corrected chi connectivity index (χ2v) is 5.33. The van der Waals surface area contributed by atoms with Crippen molar-refractivity contribution in [1.29, 1.82) is 0 Å². The number of ether oxygens (including phenoxy) is 1. The highest BCUT2D eigenvalue weighted by Gasteiger charge is 2.23. The van der Waals surface area contributed by atoms with Crippen LogP contribution in [0.2, 0.25) is 0 Å². The third-order valence-corrected chi connectivity index (χ3v) is 3.40. The van der Waals surface area contributed by atoms with Crippen molar-refractivity contribution in [2.75, 3.05) is 7.11 Å². The molecule has 0 amide bonds. The Bertz CT molecular complexity index is 730. The maximum Gasteiger partial charge on any atom is 0.291 e. The first-order valence-corrected chi connectivity index (χ1v) is 6.85. The molecule has 2 rings (SSSR count). The molecule has 22 heavy (non-hydrogen) atoms. The number of hydrogen-bond donors (Lipinski definition) is 0. The van der Waals surface area contributed by atoms with E-state index in [1.165, 1.54) is 19.2 Å². The summed E-state index contributed by atoms with van der Waals surface area (Å²) in [6, 6.07) is 5.94. The molecule has 0 fully saturated rings. The van der Waals surface area contributed by atoms with Crippen LogP contribution in [0.3, 0.4) is 0 Å². The topological polar surface area (TPSA) is 65.3 Å². The molecule has 6 heteroatoms. The summed E-state index contributed by atoms with van der Waals surface area (Å²) in [4.78, 5) is 15.1. The maximum atomic E-state index is 13.4. The van der Waals surface area contributed by atoms with Crippen molar-refractivity contribution in [2.24, 2.45) is 0 Å². The van der Waals surface area contributed by atoms with Gasteiger partial charge in [0.05, 0.1) is 17.6 Å². The molecule has 0 unspecified atom stereocenters. The molecule has 1 heterocycles. The number of methoxy groups -OCH3 is 1.